The molecule has 302 valence electrons. The third-order valence-electron chi connectivity index (χ3n) is 11.1. The number of ether oxygens (including phenoxy) is 2. The van der Waals surface area contributed by atoms with Crippen LogP contribution >= 0.6 is 11.3 Å². The summed E-state index contributed by atoms with van der Waals surface area (Å²) in [5, 5.41) is 9.00. The van der Waals surface area contributed by atoms with Crippen LogP contribution in [0.3, 0.4) is 0 Å². The van der Waals surface area contributed by atoms with Crippen LogP contribution in [0.4, 0.5) is 43.0 Å². The number of nitrogens with zero attached hydrogens (tertiary/aromatic N) is 6. The van der Waals surface area contributed by atoms with Crippen molar-refractivity contribution in [3.63, 3.8) is 0 Å². The van der Waals surface area contributed by atoms with E-state index in [-0.39, 0.29) is 63.4 Å². The standard InChI is InChI=1S/C27H18F5N7O2S.C7H12FN.C6H12/c1-40-26-37-20-17-21(41-8-7-39(25(17)38-26)10-11-3-2-6-36-23(11)34)18(27(30,31)32)16(19(20)29)12-4-5-14(28)22-15(12)13(9-33)24(35)42-22;8-6-4-7-2-1-3-9(7)5-6;1-2-6-4-3-5-6/h2-6H,7-8,10,35H2,1H3,(H2,34,36);6-7H,1-5H2;6H,2-5H2,1H3. The molecule has 0 radical (unpaired) electrons. The highest BCUT2D eigenvalue weighted by molar-refractivity contribution is 7.23. The maximum absolute atomic E-state index is 16.6. The molecule has 6 heterocycles. The van der Waals surface area contributed by atoms with E-state index in [1.807, 2.05) is 0 Å². The zero-order chi connectivity index (χ0) is 40.6. The number of benzene rings is 2. The van der Waals surface area contributed by atoms with Crippen molar-refractivity contribution < 1.29 is 35.8 Å². The Balaban J connectivity index is 0.000000272. The summed E-state index contributed by atoms with van der Waals surface area (Å²) in [6.45, 7) is 3.98. The van der Waals surface area contributed by atoms with Crippen molar-refractivity contribution in [2.75, 3.05) is 49.7 Å². The lowest BCUT2D eigenvalue weighted by molar-refractivity contribution is -0.138. The summed E-state index contributed by atoms with van der Waals surface area (Å²) in [6, 6.07) is 7.29. The minimum absolute atomic E-state index is 0.0347. The quantitative estimate of drug-likeness (QED) is 0.165. The normalized spacial score (nSPS) is 19.1. The molecule has 2 aromatic carbocycles. The summed E-state index contributed by atoms with van der Waals surface area (Å²) in [4.78, 5) is 16.3. The first kappa shape index (κ1) is 40.1. The third kappa shape index (κ3) is 7.81. The first-order valence-corrected chi connectivity index (χ1v) is 19.7. The summed E-state index contributed by atoms with van der Waals surface area (Å²) < 4.78 is 99.6. The number of hydrogen-bond donors (Lipinski definition) is 2. The molecule has 2 saturated heterocycles. The largest absolute Gasteiger partial charge is 0.490 e. The number of aromatic nitrogens is 3. The minimum atomic E-state index is -5.17. The van der Waals surface area contributed by atoms with Gasteiger partial charge in [-0.1, -0.05) is 44.7 Å². The minimum Gasteiger partial charge on any atom is -0.490 e. The molecule has 9 rings (SSSR count). The number of nitriles is 1. The Morgan fingerprint density at radius 1 is 1.07 bits per heavy atom. The fraction of sp³-hybridized carbons (Fsp3) is 0.450. The van der Waals surface area contributed by atoms with Gasteiger partial charge in [0.25, 0.3) is 0 Å². The van der Waals surface area contributed by atoms with E-state index in [4.69, 9.17) is 20.9 Å². The van der Waals surface area contributed by atoms with Crippen molar-refractivity contribution in [3.8, 4) is 29.0 Å². The number of fused-ring (bicyclic) bond motifs is 2. The molecule has 3 fully saturated rings. The van der Waals surface area contributed by atoms with E-state index < -0.39 is 51.9 Å². The fourth-order valence-corrected chi connectivity index (χ4v) is 8.94. The van der Waals surface area contributed by atoms with Gasteiger partial charge in [0.1, 0.15) is 58.1 Å². The van der Waals surface area contributed by atoms with E-state index in [9.17, 15) is 27.2 Å². The number of methoxy groups -OCH3 is 1. The molecule has 10 nitrogen and oxygen atoms in total. The second-order valence-corrected chi connectivity index (χ2v) is 15.6. The molecule has 4 aliphatic rings. The molecule has 0 amide bonds. The molecule has 0 bridgehead atoms. The zero-order valence-electron chi connectivity index (χ0n) is 31.4. The first-order chi connectivity index (χ1) is 27.3. The highest BCUT2D eigenvalue weighted by Crippen LogP contribution is 2.53. The van der Waals surface area contributed by atoms with Gasteiger partial charge >= 0.3 is 12.2 Å². The van der Waals surface area contributed by atoms with Gasteiger partial charge in [-0.3, -0.25) is 4.90 Å². The van der Waals surface area contributed by atoms with Gasteiger partial charge in [0.15, 0.2) is 5.82 Å². The molecular weight excluding hydrogens is 771 g/mol. The molecule has 3 aliphatic heterocycles. The molecule has 2 unspecified atom stereocenters. The summed E-state index contributed by atoms with van der Waals surface area (Å²) in [6.07, 6.45) is 5.07. The Morgan fingerprint density at radius 3 is 2.49 bits per heavy atom. The van der Waals surface area contributed by atoms with Crippen molar-refractivity contribution >= 4 is 49.0 Å². The average molecular weight is 813 g/mol. The fourth-order valence-electron chi connectivity index (χ4n) is 8.00. The van der Waals surface area contributed by atoms with Crippen molar-refractivity contribution in [1.82, 2.24) is 19.9 Å². The Labute approximate surface area is 329 Å². The van der Waals surface area contributed by atoms with Crippen LogP contribution in [0.5, 0.6) is 11.8 Å². The summed E-state index contributed by atoms with van der Waals surface area (Å²) >= 11 is 0.675. The van der Waals surface area contributed by atoms with E-state index in [0.717, 1.165) is 31.0 Å². The van der Waals surface area contributed by atoms with Crippen molar-refractivity contribution in [1.29, 1.82) is 5.26 Å². The van der Waals surface area contributed by atoms with Gasteiger partial charge in [0.05, 0.1) is 29.3 Å². The molecular formula is C40H42F6N8O2S. The molecule has 17 heteroatoms. The van der Waals surface area contributed by atoms with Crippen LogP contribution < -0.4 is 25.8 Å². The first-order valence-electron chi connectivity index (χ1n) is 18.9. The number of anilines is 3. The second-order valence-electron chi connectivity index (χ2n) is 14.5. The number of halogens is 6. The van der Waals surface area contributed by atoms with Gasteiger partial charge in [0, 0.05) is 41.8 Å². The zero-order valence-corrected chi connectivity index (χ0v) is 32.3. The number of nitrogens with two attached hydrogens (primary N) is 2. The van der Waals surface area contributed by atoms with E-state index >= 15 is 4.39 Å². The van der Waals surface area contributed by atoms with Crippen molar-refractivity contribution in [2.24, 2.45) is 5.92 Å². The van der Waals surface area contributed by atoms with Crippen LogP contribution in [-0.4, -0.2) is 65.4 Å². The third-order valence-corrected chi connectivity index (χ3v) is 12.1. The molecule has 3 aromatic heterocycles. The molecule has 1 saturated carbocycles. The summed E-state index contributed by atoms with van der Waals surface area (Å²) in [5.41, 5.74) is 8.81. The lowest BCUT2D eigenvalue weighted by atomic mass is 9.84. The lowest BCUT2D eigenvalue weighted by Crippen LogP contribution is -2.28. The summed E-state index contributed by atoms with van der Waals surface area (Å²) in [5.74, 6) is -1.70. The molecule has 2 atom stereocenters. The molecule has 57 heavy (non-hydrogen) atoms. The SMILES string of the molecule is CCC1CCC1.COc1nc2c3c(c(C(F)(F)F)c(-c4ccc(F)c5sc(N)c(C#N)c45)c(F)c3n1)OCCN2Cc1cccnc1N.FC1CC2CCCN2C1. The van der Waals surface area contributed by atoms with Gasteiger partial charge in [-0.15, -0.1) is 11.3 Å². The Kier molecular flexibility index (Phi) is 11.6. The Hall–Kier alpha value is -5.08. The van der Waals surface area contributed by atoms with Gasteiger partial charge in [0.2, 0.25) is 0 Å². The number of pyridine rings is 1. The lowest BCUT2D eigenvalue weighted by Gasteiger charge is -2.24. The second kappa shape index (κ2) is 16.4. The highest BCUT2D eigenvalue weighted by Gasteiger charge is 2.44. The van der Waals surface area contributed by atoms with Crippen LogP contribution in [-0.2, 0) is 12.7 Å². The molecule has 5 aromatic rings. The predicted octanol–water partition coefficient (Wildman–Crippen LogP) is 9.04. The average Bonchev–Trinajstić information content (AvgIpc) is 3.81. The van der Waals surface area contributed by atoms with Crippen LogP contribution in [0.15, 0.2) is 30.5 Å². The number of alkyl halides is 4. The van der Waals surface area contributed by atoms with Crippen LogP contribution in [0.1, 0.15) is 68.6 Å². The Morgan fingerprint density at radius 2 is 1.86 bits per heavy atom. The van der Waals surface area contributed by atoms with E-state index in [1.54, 1.807) is 23.1 Å². The van der Waals surface area contributed by atoms with E-state index in [0.29, 0.717) is 29.5 Å². The predicted molar refractivity (Wildman–Crippen MR) is 208 cm³/mol. The molecule has 1 aliphatic carbocycles. The van der Waals surface area contributed by atoms with Crippen molar-refractivity contribution in [2.45, 2.75) is 76.8 Å². The Bertz CT molecular complexity index is 2310. The van der Waals surface area contributed by atoms with Crippen LogP contribution in [0.2, 0.25) is 0 Å². The number of nitrogen functional groups attached to an aromatic ring is 2. The van der Waals surface area contributed by atoms with Gasteiger partial charge in [-0.25, -0.2) is 18.2 Å². The van der Waals surface area contributed by atoms with Gasteiger partial charge in [-0.05, 0) is 49.4 Å². The monoisotopic (exact) mass is 812 g/mol. The maximum Gasteiger partial charge on any atom is 0.420 e. The maximum atomic E-state index is 16.6. The van der Waals surface area contributed by atoms with Crippen molar-refractivity contribution in [3.05, 3.63) is 58.8 Å². The highest BCUT2D eigenvalue weighted by atomic mass is 32.1. The van der Waals surface area contributed by atoms with Crippen LogP contribution in [0, 0.1) is 28.9 Å². The van der Waals surface area contributed by atoms with Gasteiger partial charge < -0.3 is 25.8 Å². The van der Waals surface area contributed by atoms with E-state index in [1.165, 1.54) is 51.8 Å². The number of thiophene rings is 1. The van der Waals surface area contributed by atoms with Crippen LogP contribution in [0.25, 0.3) is 32.1 Å². The topological polar surface area (TPSA) is 139 Å². The van der Waals surface area contributed by atoms with E-state index in [2.05, 4.69) is 26.8 Å². The molecule has 4 N–H and O–H groups in total. The number of hydrogen-bond acceptors (Lipinski definition) is 11. The van der Waals surface area contributed by atoms with Gasteiger partial charge in [-0.2, -0.15) is 28.4 Å². The number of rotatable bonds is 5. The molecule has 0 spiro atoms. The summed E-state index contributed by atoms with van der Waals surface area (Å²) in [7, 11) is 1.23. The smallest absolute Gasteiger partial charge is 0.420 e.